The Kier molecular flexibility index (Phi) is 4.19. The minimum absolute atomic E-state index is 0.0388. The maximum atomic E-state index is 14.8. The van der Waals surface area contributed by atoms with Crippen LogP contribution in [0.3, 0.4) is 0 Å². The molecule has 0 radical (unpaired) electrons. The fourth-order valence-corrected chi connectivity index (χ4v) is 3.51. The van der Waals surface area contributed by atoms with Gasteiger partial charge >= 0.3 is 0 Å². The first-order chi connectivity index (χ1) is 13.5. The summed E-state index contributed by atoms with van der Waals surface area (Å²) >= 11 is 0. The van der Waals surface area contributed by atoms with E-state index in [1.54, 1.807) is 42.5 Å². The topological polar surface area (TPSA) is 34.1 Å². The number of benzene rings is 4. The molecule has 0 aliphatic rings. The summed E-state index contributed by atoms with van der Waals surface area (Å²) in [4.78, 5) is 23.2. The Balaban J connectivity index is 2.33. The molecule has 0 bridgehead atoms. The van der Waals surface area contributed by atoms with Gasteiger partial charge in [0.1, 0.15) is 5.82 Å². The highest BCUT2D eigenvalue weighted by Crippen LogP contribution is 2.40. The minimum Gasteiger partial charge on any atom is -0.298 e. The van der Waals surface area contributed by atoms with Crippen LogP contribution in [-0.4, -0.2) is 12.6 Å². The smallest absolute Gasteiger partial charge is 0.195 e. The molecule has 0 spiro atoms. The van der Waals surface area contributed by atoms with E-state index >= 15 is 0 Å². The van der Waals surface area contributed by atoms with Crippen LogP contribution in [0, 0.1) is 23.3 Å². The molecule has 138 valence electrons. The van der Waals surface area contributed by atoms with Crippen molar-refractivity contribution in [2.75, 3.05) is 0 Å². The van der Waals surface area contributed by atoms with Gasteiger partial charge in [-0.3, -0.25) is 9.59 Å². The van der Waals surface area contributed by atoms with Crippen molar-refractivity contribution >= 4 is 34.1 Å². The first-order valence-corrected chi connectivity index (χ1v) is 8.20. The monoisotopic (exact) mass is 382 g/mol. The molecule has 0 unspecified atom stereocenters. The highest BCUT2D eigenvalue weighted by molar-refractivity contribution is 6.14. The molecular weight excluding hydrogens is 372 g/mol. The van der Waals surface area contributed by atoms with Gasteiger partial charge in [-0.15, -0.1) is 0 Å². The Morgan fingerprint density at radius 2 is 1.36 bits per heavy atom. The molecule has 28 heavy (non-hydrogen) atoms. The van der Waals surface area contributed by atoms with Gasteiger partial charge in [-0.05, 0) is 27.8 Å². The summed E-state index contributed by atoms with van der Waals surface area (Å²) in [7, 11) is 0. The molecule has 4 aromatic carbocycles. The predicted molar refractivity (Wildman–Crippen MR) is 97.5 cm³/mol. The van der Waals surface area contributed by atoms with Crippen molar-refractivity contribution in [2.24, 2.45) is 0 Å². The maximum Gasteiger partial charge on any atom is 0.195 e. The summed E-state index contributed by atoms with van der Waals surface area (Å²) < 4.78 is 56.9. The van der Waals surface area contributed by atoms with E-state index in [2.05, 4.69) is 0 Å². The fraction of sp³-hybridized carbons (Fsp3) is 0. The van der Waals surface area contributed by atoms with Crippen LogP contribution in [0.25, 0.3) is 32.7 Å². The van der Waals surface area contributed by atoms with Crippen molar-refractivity contribution in [3.05, 3.63) is 82.9 Å². The molecule has 6 heteroatoms. The van der Waals surface area contributed by atoms with Crippen molar-refractivity contribution in [2.45, 2.75) is 0 Å². The van der Waals surface area contributed by atoms with Crippen molar-refractivity contribution in [1.29, 1.82) is 0 Å². The Morgan fingerprint density at radius 3 is 2.07 bits per heavy atom. The zero-order valence-corrected chi connectivity index (χ0v) is 14.1. The van der Waals surface area contributed by atoms with Gasteiger partial charge in [0.25, 0.3) is 0 Å². The number of hydrogen-bond acceptors (Lipinski definition) is 2. The number of hydrogen-bond donors (Lipinski definition) is 0. The number of carbonyl (C=O) groups excluding carboxylic acids is 2. The molecule has 4 rings (SSSR count). The Bertz CT molecular complexity index is 1290. The van der Waals surface area contributed by atoms with E-state index < -0.39 is 34.2 Å². The number of halogens is 4. The lowest BCUT2D eigenvalue weighted by molar-refractivity contribution is 0.109. The summed E-state index contributed by atoms with van der Waals surface area (Å²) in [5, 5.41) is 0.153. The molecule has 0 heterocycles. The molecule has 2 nitrogen and oxygen atoms in total. The SMILES string of the molecule is O=Cc1c(C=O)c(F)c2c(F)c(F)c(F)cc2c1-c1cccc2ccccc12. The normalized spacial score (nSPS) is 11.1. The Hall–Kier alpha value is -3.54. The molecule has 0 atom stereocenters. The predicted octanol–water partition coefficient (Wildman–Crippen LogP) is 5.84. The van der Waals surface area contributed by atoms with Crippen LogP contribution in [0.4, 0.5) is 17.6 Å². The second-order valence-corrected chi connectivity index (χ2v) is 6.19. The van der Waals surface area contributed by atoms with Gasteiger partial charge in [-0.25, -0.2) is 17.6 Å². The number of carbonyl (C=O) groups is 2. The van der Waals surface area contributed by atoms with E-state index in [4.69, 9.17) is 0 Å². The van der Waals surface area contributed by atoms with E-state index in [1.165, 1.54) is 0 Å². The molecule has 0 aromatic heterocycles. The van der Waals surface area contributed by atoms with Crippen LogP contribution in [0.5, 0.6) is 0 Å². The molecule has 0 aliphatic heterocycles. The fourth-order valence-electron chi connectivity index (χ4n) is 3.51. The first kappa shape index (κ1) is 17.9. The third-order valence-corrected chi connectivity index (χ3v) is 4.74. The highest BCUT2D eigenvalue weighted by Gasteiger charge is 2.26. The van der Waals surface area contributed by atoms with Crippen molar-refractivity contribution < 1.29 is 27.2 Å². The zero-order valence-electron chi connectivity index (χ0n) is 14.1. The molecule has 0 amide bonds. The molecule has 0 aliphatic carbocycles. The third-order valence-electron chi connectivity index (χ3n) is 4.74. The summed E-state index contributed by atoms with van der Waals surface area (Å²) in [5.41, 5.74) is -0.751. The summed E-state index contributed by atoms with van der Waals surface area (Å²) in [6, 6.07) is 12.6. The lowest BCUT2D eigenvalue weighted by Gasteiger charge is -2.16. The van der Waals surface area contributed by atoms with E-state index in [-0.39, 0.29) is 29.1 Å². The zero-order chi connectivity index (χ0) is 20.0. The van der Waals surface area contributed by atoms with Crippen LogP contribution >= 0.6 is 0 Å². The number of fused-ring (bicyclic) bond motifs is 2. The van der Waals surface area contributed by atoms with Crippen molar-refractivity contribution in [3.8, 4) is 11.1 Å². The molecule has 0 saturated carbocycles. The van der Waals surface area contributed by atoms with E-state index in [0.29, 0.717) is 17.0 Å². The summed E-state index contributed by atoms with van der Waals surface area (Å²) in [5.74, 6) is -6.55. The largest absolute Gasteiger partial charge is 0.298 e. The minimum atomic E-state index is -1.86. The lowest BCUT2D eigenvalue weighted by atomic mass is 9.87. The van der Waals surface area contributed by atoms with E-state index in [1.807, 2.05) is 0 Å². The second-order valence-electron chi connectivity index (χ2n) is 6.19. The van der Waals surface area contributed by atoms with Crippen LogP contribution in [-0.2, 0) is 0 Å². The van der Waals surface area contributed by atoms with Gasteiger partial charge < -0.3 is 0 Å². The van der Waals surface area contributed by atoms with Crippen molar-refractivity contribution in [3.63, 3.8) is 0 Å². The van der Waals surface area contributed by atoms with Gasteiger partial charge in [-0.2, -0.15) is 0 Å². The molecule has 0 N–H and O–H groups in total. The second kappa shape index (κ2) is 6.56. The molecule has 4 aromatic rings. The van der Waals surface area contributed by atoms with Gasteiger partial charge in [-0.1, -0.05) is 42.5 Å². The Labute approximate surface area is 156 Å². The van der Waals surface area contributed by atoms with Gasteiger partial charge in [0.2, 0.25) is 0 Å². The van der Waals surface area contributed by atoms with Gasteiger partial charge in [0, 0.05) is 11.1 Å². The van der Waals surface area contributed by atoms with Gasteiger partial charge in [0.05, 0.1) is 10.9 Å². The maximum absolute atomic E-state index is 14.8. The average molecular weight is 382 g/mol. The van der Waals surface area contributed by atoms with E-state index in [0.717, 1.165) is 5.39 Å². The molecular formula is C22H10F4O2. The highest BCUT2D eigenvalue weighted by atomic mass is 19.2. The quantitative estimate of drug-likeness (QED) is 0.253. The number of aldehydes is 2. The van der Waals surface area contributed by atoms with Gasteiger partial charge in [0.15, 0.2) is 30.0 Å². The first-order valence-electron chi connectivity index (χ1n) is 8.20. The summed E-state index contributed by atoms with van der Waals surface area (Å²) in [6.45, 7) is 0. The third kappa shape index (κ3) is 2.41. The number of rotatable bonds is 3. The van der Waals surface area contributed by atoms with Crippen molar-refractivity contribution in [1.82, 2.24) is 0 Å². The van der Waals surface area contributed by atoms with E-state index in [9.17, 15) is 27.2 Å². The standard InChI is InChI=1S/C22H10F4O2/c23-17-8-14-18(13-7-3-5-11-4-1-2-6-12(11)13)15(9-27)16(10-28)20(24)19(14)22(26)21(17)25/h1-10H. The lowest BCUT2D eigenvalue weighted by Crippen LogP contribution is -2.05. The van der Waals surface area contributed by atoms with Crippen LogP contribution in [0.1, 0.15) is 20.7 Å². The Morgan fingerprint density at radius 1 is 0.679 bits per heavy atom. The molecule has 0 saturated heterocycles. The summed E-state index contributed by atoms with van der Waals surface area (Å²) in [6.07, 6.45) is 0.316. The molecule has 0 fully saturated rings. The van der Waals surface area contributed by atoms with Crippen LogP contribution in [0.2, 0.25) is 0 Å². The average Bonchev–Trinajstić information content (AvgIpc) is 2.71. The van der Waals surface area contributed by atoms with Crippen LogP contribution < -0.4 is 0 Å². The van der Waals surface area contributed by atoms with Crippen LogP contribution in [0.15, 0.2) is 48.5 Å².